The van der Waals surface area contributed by atoms with Gasteiger partial charge in [0.2, 0.25) is 0 Å². The molecule has 0 amide bonds. The molecule has 0 bridgehead atoms. The van der Waals surface area contributed by atoms with Gasteiger partial charge in [-0.3, -0.25) is 0 Å². The number of aliphatic hydroxyl groups excluding tert-OH is 1. The molecule has 0 unspecified atom stereocenters. The Kier molecular flexibility index (Phi) is 3.57. The summed E-state index contributed by atoms with van der Waals surface area (Å²) in [4.78, 5) is 0. The van der Waals surface area contributed by atoms with Crippen LogP contribution >= 0.6 is 0 Å². The lowest BCUT2D eigenvalue weighted by Gasteiger charge is -2.32. The van der Waals surface area contributed by atoms with Crippen molar-refractivity contribution in [2.24, 2.45) is 11.8 Å². The molecular formula is C12H18O. The van der Waals surface area contributed by atoms with E-state index in [0.29, 0.717) is 11.8 Å². The fourth-order valence-electron chi connectivity index (χ4n) is 2.13. The molecule has 0 spiro atoms. The average Bonchev–Trinajstić information content (AvgIpc) is 2.10. The van der Waals surface area contributed by atoms with Crippen LogP contribution in [0.25, 0.3) is 0 Å². The first kappa shape index (κ1) is 10.3. The summed E-state index contributed by atoms with van der Waals surface area (Å²) in [6, 6.07) is 0. The fraction of sp³-hybridized carbons (Fsp3) is 0.667. The molecule has 1 saturated carbocycles. The maximum absolute atomic E-state index is 9.61. The Hall–Kier alpha value is -0.740. The van der Waals surface area contributed by atoms with Gasteiger partial charge in [0.15, 0.2) is 0 Å². The molecule has 13 heavy (non-hydrogen) atoms. The molecule has 0 radical (unpaired) electrons. The molecule has 0 aromatic carbocycles. The lowest BCUT2D eigenvalue weighted by molar-refractivity contribution is 0.146. The Bertz CT molecular complexity index is 224. The maximum atomic E-state index is 9.61. The Morgan fingerprint density at radius 1 is 1.69 bits per heavy atom. The van der Waals surface area contributed by atoms with Crippen LogP contribution < -0.4 is 0 Å². The molecule has 3 atom stereocenters. The zero-order chi connectivity index (χ0) is 9.84. The fourth-order valence-corrected chi connectivity index (χ4v) is 2.13. The normalized spacial score (nSPS) is 31.0. The third-order valence-corrected chi connectivity index (χ3v) is 3.02. The van der Waals surface area contributed by atoms with Gasteiger partial charge in [-0.2, -0.15) is 0 Å². The smallest absolute Gasteiger partial charge is 0.0750 e. The van der Waals surface area contributed by atoms with Gasteiger partial charge in [0.1, 0.15) is 0 Å². The van der Waals surface area contributed by atoms with E-state index in [0.717, 1.165) is 31.3 Å². The van der Waals surface area contributed by atoms with Gasteiger partial charge >= 0.3 is 0 Å². The van der Waals surface area contributed by atoms with Crippen molar-refractivity contribution in [3.05, 3.63) is 12.2 Å². The predicted octanol–water partition coefficient (Wildman–Crippen LogP) is 2.36. The molecule has 0 heterocycles. The van der Waals surface area contributed by atoms with Crippen LogP contribution in [0.3, 0.4) is 0 Å². The van der Waals surface area contributed by atoms with E-state index < -0.39 is 0 Å². The van der Waals surface area contributed by atoms with Gasteiger partial charge in [-0.15, -0.1) is 12.3 Å². The van der Waals surface area contributed by atoms with E-state index in [1.165, 1.54) is 0 Å². The standard InChI is InChI=1S/C12H18O/c1-4-6-9(2)11-7-5-8-12(13)10(11)3/h1,9,11-13H,3,5-8H2,2H3/t9-,11+,12-/m0/s1. The lowest BCUT2D eigenvalue weighted by Crippen LogP contribution is -2.26. The first-order chi connectivity index (χ1) is 6.16. The number of terminal acetylenes is 1. The highest BCUT2D eigenvalue weighted by Crippen LogP contribution is 2.34. The minimum Gasteiger partial charge on any atom is -0.389 e. The molecule has 0 aromatic rings. The van der Waals surface area contributed by atoms with Crippen LogP contribution in [0.1, 0.15) is 32.6 Å². The van der Waals surface area contributed by atoms with E-state index in [2.05, 4.69) is 19.4 Å². The second-order valence-electron chi connectivity index (χ2n) is 4.01. The zero-order valence-electron chi connectivity index (χ0n) is 8.29. The molecule has 1 rings (SSSR count). The summed E-state index contributed by atoms with van der Waals surface area (Å²) in [6.07, 6.45) is 8.88. The van der Waals surface area contributed by atoms with E-state index in [1.54, 1.807) is 0 Å². The van der Waals surface area contributed by atoms with Crippen LogP contribution in [0, 0.1) is 24.2 Å². The Morgan fingerprint density at radius 2 is 2.38 bits per heavy atom. The van der Waals surface area contributed by atoms with Crippen molar-refractivity contribution in [1.82, 2.24) is 0 Å². The topological polar surface area (TPSA) is 20.2 Å². The van der Waals surface area contributed by atoms with Crippen LogP contribution in [-0.4, -0.2) is 11.2 Å². The molecule has 0 aliphatic heterocycles. The highest BCUT2D eigenvalue weighted by molar-refractivity contribution is 5.11. The second kappa shape index (κ2) is 4.48. The minimum absolute atomic E-state index is 0.293. The summed E-state index contributed by atoms with van der Waals surface area (Å²) in [5.41, 5.74) is 0.994. The molecule has 1 aliphatic rings. The summed E-state index contributed by atoms with van der Waals surface area (Å²) >= 11 is 0. The third-order valence-electron chi connectivity index (χ3n) is 3.02. The molecule has 1 heteroatoms. The number of rotatable bonds is 2. The van der Waals surface area contributed by atoms with Crippen LogP contribution in [-0.2, 0) is 0 Å². The number of hydrogen-bond acceptors (Lipinski definition) is 1. The van der Waals surface area contributed by atoms with Crippen molar-refractivity contribution in [3.8, 4) is 12.3 Å². The SMILES string of the molecule is C#CC[C@H](C)[C@H]1CCC[C@H](O)C1=C. The number of hydrogen-bond donors (Lipinski definition) is 1. The van der Waals surface area contributed by atoms with E-state index in [9.17, 15) is 5.11 Å². The molecule has 1 N–H and O–H groups in total. The molecule has 1 fully saturated rings. The zero-order valence-corrected chi connectivity index (χ0v) is 8.29. The van der Waals surface area contributed by atoms with Crippen molar-refractivity contribution in [2.75, 3.05) is 0 Å². The third kappa shape index (κ3) is 2.35. The van der Waals surface area contributed by atoms with Crippen LogP contribution in [0.2, 0.25) is 0 Å². The van der Waals surface area contributed by atoms with Gasteiger partial charge in [0, 0.05) is 6.42 Å². The Labute approximate surface area is 80.9 Å². The van der Waals surface area contributed by atoms with Gasteiger partial charge in [-0.05, 0) is 36.7 Å². The number of aliphatic hydroxyl groups is 1. The van der Waals surface area contributed by atoms with Crippen LogP contribution in [0.4, 0.5) is 0 Å². The highest BCUT2D eigenvalue weighted by atomic mass is 16.3. The summed E-state index contributed by atoms with van der Waals surface area (Å²) < 4.78 is 0. The highest BCUT2D eigenvalue weighted by Gasteiger charge is 2.27. The van der Waals surface area contributed by atoms with Gasteiger partial charge in [-0.1, -0.05) is 13.5 Å². The lowest BCUT2D eigenvalue weighted by atomic mass is 9.75. The molecule has 0 saturated heterocycles. The summed E-state index contributed by atoms with van der Waals surface area (Å²) in [5.74, 6) is 3.57. The van der Waals surface area contributed by atoms with E-state index in [4.69, 9.17) is 6.42 Å². The second-order valence-corrected chi connectivity index (χ2v) is 4.01. The predicted molar refractivity (Wildman–Crippen MR) is 55.1 cm³/mol. The largest absolute Gasteiger partial charge is 0.389 e. The van der Waals surface area contributed by atoms with Crippen molar-refractivity contribution in [1.29, 1.82) is 0 Å². The van der Waals surface area contributed by atoms with Crippen LogP contribution in [0.15, 0.2) is 12.2 Å². The minimum atomic E-state index is -0.293. The molecule has 72 valence electrons. The summed E-state index contributed by atoms with van der Waals surface area (Å²) in [5, 5.41) is 9.61. The first-order valence-corrected chi connectivity index (χ1v) is 4.97. The van der Waals surface area contributed by atoms with Gasteiger partial charge in [-0.25, -0.2) is 0 Å². The summed E-state index contributed by atoms with van der Waals surface area (Å²) in [6.45, 7) is 6.11. The van der Waals surface area contributed by atoms with Crippen molar-refractivity contribution < 1.29 is 5.11 Å². The quantitative estimate of drug-likeness (QED) is 0.508. The van der Waals surface area contributed by atoms with E-state index >= 15 is 0 Å². The maximum Gasteiger partial charge on any atom is 0.0750 e. The van der Waals surface area contributed by atoms with Crippen molar-refractivity contribution >= 4 is 0 Å². The molecular weight excluding hydrogens is 160 g/mol. The van der Waals surface area contributed by atoms with Gasteiger partial charge < -0.3 is 5.11 Å². The monoisotopic (exact) mass is 178 g/mol. The molecule has 0 aromatic heterocycles. The Balaban J connectivity index is 2.58. The van der Waals surface area contributed by atoms with E-state index in [1.807, 2.05) is 0 Å². The summed E-state index contributed by atoms with van der Waals surface area (Å²) in [7, 11) is 0. The first-order valence-electron chi connectivity index (χ1n) is 4.97. The van der Waals surface area contributed by atoms with Crippen molar-refractivity contribution in [2.45, 2.75) is 38.7 Å². The molecule has 1 aliphatic carbocycles. The van der Waals surface area contributed by atoms with Gasteiger partial charge in [0.25, 0.3) is 0 Å². The molecule has 1 nitrogen and oxygen atoms in total. The van der Waals surface area contributed by atoms with E-state index in [-0.39, 0.29) is 6.10 Å². The Morgan fingerprint density at radius 3 is 3.00 bits per heavy atom. The van der Waals surface area contributed by atoms with Crippen LogP contribution in [0.5, 0.6) is 0 Å². The average molecular weight is 178 g/mol. The van der Waals surface area contributed by atoms with Crippen molar-refractivity contribution in [3.63, 3.8) is 0 Å². The van der Waals surface area contributed by atoms with Gasteiger partial charge in [0.05, 0.1) is 6.10 Å².